The number of hydrogen-bond acceptors (Lipinski definition) is 4. The molecule has 140 valence electrons. The summed E-state index contributed by atoms with van der Waals surface area (Å²) in [5.41, 5.74) is 0.282. The third-order valence-corrected chi connectivity index (χ3v) is 5.44. The molecule has 0 aliphatic carbocycles. The third kappa shape index (κ3) is 3.82. The molecule has 1 aromatic heterocycles. The fourth-order valence-corrected chi connectivity index (χ4v) is 3.84. The number of ether oxygens (including phenoxy) is 1. The number of anilines is 1. The molecule has 0 spiro atoms. The first-order valence-corrected chi connectivity index (χ1v) is 9.82. The van der Waals surface area contributed by atoms with E-state index in [0.29, 0.717) is 19.7 Å². The molecule has 7 nitrogen and oxygen atoms in total. The molecule has 3 rings (SSSR count). The lowest BCUT2D eigenvalue weighted by Crippen LogP contribution is -2.27. The Morgan fingerprint density at radius 3 is 2.69 bits per heavy atom. The van der Waals surface area contributed by atoms with Crippen molar-refractivity contribution in [2.75, 3.05) is 24.4 Å². The molecule has 1 saturated heterocycles. The number of halogens is 1. The molecule has 1 amide bonds. The molecule has 0 radical (unpaired) electrons. The van der Waals surface area contributed by atoms with Gasteiger partial charge in [0.2, 0.25) is 0 Å². The van der Waals surface area contributed by atoms with Gasteiger partial charge in [-0.3, -0.25) is 9.52 Å². The summed E-state index contributed by atoms with van der Waals surface area (Å²) in [5.74, 6) is -0.835. The first kappa shape index (κ1) is 18.2. The van der Waals surface area contributed by atoms with Crippen LogP contribution in [0.4, 0.5) is 10.1 Å². The summed E-state index contributed by atoms with van der Waals surface area (Å²) < 4.78 is 46.2. The highest BCUT2D eigenvalue weighted by Crippen LogP contribution is 2.24. The van der Waals surface area contributed by atoms with Crippen molar-refractivity contribution in [1.82, 2.24) is 9.88 Å². The van der Waals surface area contributed by atoms with Gasteiger partial charge in [-0.1, -0.05) is 0 Å². The number of carbonyl (C=O) groups excluding carboxylic acids is 1. The Kier molecular flexibility index (Phi) is 5.17. The summed E-state index contributed by atoms with van der Waals surface area (Å²) in [7, 11) is -3.95. The van der Waals surface area contributed by atoms with Crippen molar-refractivity contribution in [1.29, 1.82) is 0 Å². The maximum atomic E-state index is 13.9. The van der Waals surface area contributed by atoms with E-state index in [1.54, 1.807) is 11.8 Å². The van der Waals surface area contributed by atoms with E-state index in [1.165, 1.54) is 24.4 Å². The molecule has 1 aromatic carbocycles. The molecule has 0 bridgehead atoms. The zero-order valence-electron chi connectivity index (χ0n) is 14.3. The van der Waals surface area contributed by atoms with Crippen molar-refractivity contribution < 1.29 is 22.3 Å². The second-order valence-electron chi connectivity index (χ2n) is 5.93. The van der Waals surface area contributed by atoms with E-state index in [4.69, 9.17) is 4.74 Å². The molecule has 1 aliphatic heterocycles. The maximum Gasteiger partial charge on any atom is 0.270 e. The maximum absolute atomic E-state index is 13.9. The van der Waals surface area contributed by atoms with E-state index >= 15 is 0 Å². The number of amides is 1. The van der Waals surface area contributed by atoms with E-state index in [0.717, 1.165) is 18.9 Å². The lowest BCUT2D eigenvalue weighted by molar-refractivity contribution is 0.0787. The summed E-state index contributed by atoms with van der Waals surface area (Å²) in [5, 5.41) is 0. The fraction of sp³-hybridized carbons (Fsp3) is 0.353. The predicted octanol–water partition coefficient (Wildman–Crippen LogP) is 2.59. The summed E-state index contributed by atoms with van der Waals surface area (Å²) in [6.45, 7) is 3.37. The van der Waals surface area contributed by atoms with Gasteiger partial charge in [0.25, 0.3) is 15.9 Å². The average Bonchev–Trinajstić information content (AvgIpc) is 3.28. The van der Waals surface area contributed by atoms with Crippen LogP contribution < -0.4 is 9.46 Å². The van der Waals surface area contributed by atoms with E-state index in [-0.39, 0.29) is 27.9 Å². The molecule has 2 N–H and O–H groups in total. The van der Waals surface area contributed by atoms with Crippen LogP contribution in [0.3, 0.4) is 0 Å². The fourth-order valence-electron chi connectivity index (χ4n) is 2.79. The van der Waals surface area contributed by atoms with Gasteiger partial charge in [0.1, 0.15) is 10.6 Å². The number of nitrogens with zero attached hydrogens (tertiary/aromatic N) is 1. The van der Waals surface area contributed by atoms with Crippen LogP contribution >= 0.6 is 0 Å². The summed E-state index contributed by atoms with van der Waals surface area (Å²) in [6.07, 6.45) is 3.14. The van der Waals surface area contributed by atoms with E-state index in [2.05, 4.69) is 9.71 Å². The summed E-state index contributed by atoms with van der Waals surface area (Å²) in [6, 6.07) is 5.10. The van der Waals surface area contributed by atoms with Crippen LogP contribution in [0.5, 0.6) is 5.75 Å². The lowest BCUT2D eigenvalue weighted by Gasteiger charge is -2.13. The molecular formula is C17H20FN3O4S. The Hall–Kier alpha value is -2.55. The van der Waals surface area contributed by atoms with Gasteiger partial charge in [-0.25, -0.2) is 12.8 Å². The van der Waals surface area contributed by atoms with Crippen LogP contribution in [0.2, 0.25) is 0 Å². The second-order valence-corrected chi connectivity index (χ2v) is 7.61. The minimum Gasteiger partial charge on any atom is -0.491 e. The Bertz CT molecular complexity index is 904. The van der Waals surface area contributed by atoms with Gasteiger partial charge in [0.05, 0.1) is 12.3 Å². The zero-order valence-corrected chi connectivity index (χ0v) is 15.1. The van der Waals surface area contributed by atoms with E-state index < -0.39 is 15.8 Å². The number of nitrogens with one attached hydrogen (secondary N) is 2. The van der Waals surface area contributed by atoms with Crippen molar-refractivity contribution in [3.8, 4) is 5.75 Å². The minimum atomic E-state index is -3.95. The minimum absolute atomic E-state index is 0.0515. The number of aromatic nitrogens is 1. The van der Waals surface area contributed by atoms with Crippen LogP contribution in [-0.4, -0.2) is 43.9 Å². The quantitative estimate of drug-likeness (QED) is 0.805. The largest absolute Gasteiger partial charge is 0.491 e. The Labute approximate surface area is 151 Å². The third-order valence-electron chi connectivity index (χ3n) is 4.07. The van der Waals surface area contributed by atoms with E-state index in [1.807, 2.05) is 0 Å². The number of benzene rings is 1. The van der Waals surface area contributed by atoms with Crippen molar-refractivity contribution >= 4 is 21.6 Å². The summed E-state index contributed by atoms with van der Waals surface area (Å²) >= 11 is 0. The van der Waals surface area contributed by atoms with Gasteiger partial charge in [-0.2, -0.15) is 0 Å². The van der Waals surface area contributed by atoms with Crippen LogP contribution in [-0.2, 0) is 10.0 Å². The smallest absolute Gasteiger partial charge is 0.270 e. The van der Waals surface area contributed by atoms with Crippen LogP contribution in [0.15, 0.2) is 35.4 Å². The second kappa shape index (κ2) is 7.36. The molecule has 1 fully saturated rings. The highest BCUT2D eigenvalue weighted by molar-refractivity contribution is 7.92. The van der Waals surface area contributed by atoms with Gasteiger partial charge >= 0.3 is 0 Å². The van der Waals surface area contributed by atoms with Gasteiger partial charge in [-0.05, 0) is 38.0 Å². The Balaban J connectivity index is 1.76. The zero-order chi connectivity index (χ0) is 18.7. The molecule has 0 saturated carbocycles. The van der Waals surface area contributed by atoms with Crippen molar-refractivity contribution in [2.45, 2.75) is 24.7 Å². The first-order valence-electron chi connectivity index (χ1n) is 8.33. The van der Waals surface area contributed by atoms with Gasteiger partial charge in [-0.15, -0.1) is 0 Å². The van der Waals surface area contributed by atoms with Crippen LogP contribution in [0, 0.1) is 5.82 Å². The molecule has 9 heteroatoms. The Morgan fingerprint density at radius 2 is 2.04 bits per heavy atom. The molecular weight excluding hydrogens is 361 g/mol. The highest BCUT2D eigenvalue weighted by Gasteiger charge is 2.24. The molecule has 26 heavy (non-hydrogen) atoms. The number of rotatable bonds is 6. The molecule has 2 heterocycles. The van der Waals surface area contributed by atoms with Crippen LogP contribution in [0.25, 0.3) is 0 Å². The molecule has 0 unspecified atom stereocenters. The van der Waals surface area contributed by atoms with Crippen molar-refractivity contribution in [3.05, 3.63) is 42.0 Å². The van der Waals surface area contributed by atoms with E-state index in [9.17, 15) is 17.6 Å². The number of sulfonamides is 1. The van der Waals surface area contributed by atoms with Gasteiger partial charge < -0.3 is 14.6 Å². The van der Waals surface area contributed by atoms with Gasteiger partial charge in [0.15, 0.2) is 11.6 Å². The number of hydrogen-bond donors (Lipinski definition) is 2. The SMILES string of the molecule is CCOc1ccc(NS(=O)(=O)c2c[nH]c(C(=O)N3CCCC3)c2)cc1F. The standard InChI is InChI=1S/C17H20FN3O4S/c1-2-25-16-6-5-12(9-14(16)18)20-26(23,24)13-10-15(19-11-13)17(22)21-7-3-4-8-21/h5-6,9-11,19-20H,2-4,7-8H2,1H3. The number of aromatic amines is 1. The predicted molar refractivity (Wildman–Crippen MR) is 94.3 cm³/mol. The highest BCUT2D eigenvalue weighted by atomic mass is 32.2. The summed E-state index contributed by atoms with van der Waals surface area (Å²) in [4.78, 5) is 16.6. The van der Waals surface area contributed by atoms with Crippen molar-refractivity contribution in [2.24, 2.45) is 0 Å². The topological polar surface area (TPSA) is 91.5 Å². The van der Waals surface area contributed by atoms with Crippen molar-refractivity contribution in [3.63, 3.8) is 0 Å². The monoisotopic (exact) mass is 381 g/mol. The molecule has 1 aliphatic rings. The molecule has 2 aromatic rings. The van der Waals surface area contributed by atoms with Gasteiger partial charge in [0, 0.05) is 25.4 Å². The normalized spacial score (nSPS) is 14.5. The Morgan fingerprint density at radius 1 is 1.31 bits per heavy atom. The lowest BCUT2D eigenvalue weighted by atomic mass is 10.3. The number of carbonyl (C=O) groups is 1. The average molecular weight is 381 g/mol. The number of likely N-dealkylation sites (tertiary alicyclic amines) is 1. The van der Waals surface area contributed by atoms with Crippen LogP contribution in [0.1, 0.15) is 30.3 Å². The first-order chi connectivity index (χ1) is 12.4. The molecule has 0 atom stereocenters. The number of H-pyrrole nitrogens is 1.